The van der Waals surface area contributed by atoms with Crippen LogP contribution >= 0.6 is 0 Å². The topological polar surface area (TPSA) is 127 Å². The Morgan fingerprint density at radius 2 is 1.95 bits per heavy atom. The fraction of sp³-hybridized carbons (Fsp3) is 0.273. The van der Waals surface area contributed by atoms with Crippen molar-refractivity contribution >= 4 is 21.9 Å². The SMILES string of the molecule is Cc1ccc(S(=O)(=O)NC(C)C(=O)O)cc1C(N)=O. The van der Waals surface area contributed by atoms with Crippen molar-refractivity contribution in [1.82, 2.24) is 4.72 Å². The van der Waals surface area contributed by atoms with E-state index >= 15 is 0 Å². The van der Waals surface area contributed by atoms with Crippen LogP contribution in [-0.2, 0) is 14.8 Å². The van der Waals surface area contributed by atoms with Gasteiger partial charge < -0.3 is 10.8 Å². The first-order chi connectivity index (χ1) is 8.65. The fourth-order valence-electron chi connectivity index (χ4n) is 1.38. The third-order valence-electron chi connectivity index (χ3n) is 2.49. The van der Waals surface area contributed by atoms with Gasteiger partial charge in [0.25, 0.3) is 0 Å². The summed E-state index contributed by atoms with van der Waals surface area (Å²) in [4.78, 5) is 21.6. The molecule has 0 aromatic heterocycles. The number of rotatable bonds is 5. The molecule has 1 rings (SSSR count). The second-order valence-electron chi connectivity index (χ2n) is 4.02. The lowest BCUT2D eigenvalue weighted by Crippen LogP contribution is -2.38. The number of hydrogen-bond acceptors (Lipinski definition) is 4. The van der Waals surface area contributed by atoms with E-state index in [1.54, 1.807) is 6.92 Å². The number of sulfonamides is 1. The Balaban J connectivity index is 3.19. The smallest absolute Gasteiger partial charge is 0.321 e. The van der Waals surface area contributed by atoms with E-state index in [1.807, 2.05) is 4.72 Å². The molecule has 19 heavy (non-hydrogen) atoms. The Hall–Kier alpha value is -1.93. The van der Waals surface area contributed by atoms with Crippen LogP contribution in [0.15, 0.2) is 23.1 Å². The van der Waals surface area contributed by atoms with Crippen molar-refractivity contribution in [3.8, 4) is 0 Å². The summed E-state index contributed by atoms with van der Waals surface area (Å²) < 4.78 is 25.8. The van der Waals surface area contributed by atoms with E-state index in [9.17, 15) is 18.0 Å². The quantitative estimate of drug-likeness (QED) is 0.693. The summed E-state index contributed by atoms with van der Waals surface area (Å²) in [5.74, 6) is -2.05. The van der Waals surface area contributed by atoms with Gasteiger partial charge in [0, 0.05) is 5.56 Å². The highest BCUT2D eigenvalue weighted by Gasteiger charge is 2.22. The average Bonchev–Trinajstić information content (AvgIpc) is 2.27. The lowest BCUT2D eigenvalue weighted by atomic mass is 10.1. The maximum atomic E-state index is 11.9. The number of aryl methyl sites for hydroxylation is 1. The summed E-state index contributed by atoms with van der Waals surface area (Å²) in [6.07, 6.45) is 0. The van der Waals surface area contributed by atoms with Crippen molar-refractivity contribution in [2.45, 2.75) is 24.8 Å². The molecule has 0 aliphatic heterocycles. The highest BCUT2D eigenvalue weighted by molar-refractivity contribution is 7.89. The molecule has 0 spiro atoms. The Morgan fingerprint density at radius 1 is 1.37 bits per heavy atom. The zero-order chi connectivity index (χ0) is 14.8. The van der Waals surface area contributed by atoms with Crippen molar-refractivity contribution in [2.24, 2.45) is 5.73 Å². The maximum absolute atomic E-state index is 11.9. The number of carbonyl (C=O) groups is 2. The molecule has 0 heterocycles. The number of hydrogen-bond donors (Lipinski definition) is 3. The summed E-state index contributed by atoms with van der Waals surface area (Å²) in [7, 11) is -4.02. The monoisotopic (exact) mass is 286 g/mol. The van der Waals surface area contributed by atoms with Gasteiger partial charge in [0.05, 0.1) is 4.90 Å². The second kappa shape index (κ2) is 5.37. The van der Waals surface area contributed by atoms with Crippen LogP contribution in [0.25, 0.3) is 0 Å². The molecule has 4 N–H and O–H groups in total. The zero-order valence-corrected chi connectivity index (χ0v) is 11.2. The third-order valence-corrected chi connectivity index (χ3v) is 4.03. The minimum absolute atomic E-state index is 0.0749. The fourth-order valence-corrected chi connectivity index (χ4v) is 2.61. The second-order valence-corrected chi connectivity index (χ2v) is 5.74. The van der Waals surface area contributed by atoms with E-state index < -0.39 is 27.9 Å². The number of primary amides is 1. The molecule has 1 aromatic rings. The van der Waals surface area contributed by atoms with Crippen LogP contribution in [0.3, 0.4) is 0 Å². The first kappa shape index (κ1) is 15.1. The molecule has 1 aromatic carbocycles. The van der Waals surface area contributed by atoms with Gasteiger partial charge in [-0.1, -0.05) is 6.07 Å². The standard InChI is InChI=1S/C11H14N2O5S/c1-6-3-4-8(5-9(6)10(12)14)19(17,18)13-7(2)11(15)16/h3-5,7,13H,1-2H3,(H2,12,14)(H,15,16). The number of carboxylic acid groups (broad SMARTS) is 1. The van der Waals surface area contributed by atoms with Gasteiger partial charge in [0.2, 0.25) is 15.9 Å². The lowest BCUT2D eigenvalue weighted by molar-refractivity contribution is -0.138. The van der Waals surface area contributed by atoms with Crippen LogP contribution in [0.4, 0.5) is 0 Å². The number of carbonyl (C=O) groups excluding carboxylic acids is 1. The summed E-state index contributed by atoms with van der Waals surface area (Å²) in [6, 6.07) is 2.55. The molecule has 1 atom stereocenters. The normalized spacial score (nSPS) is 12.9. The molecule has 0 aliphatic rings. The van der Waals surface area contributed by atoms with Crippen molar-refractivity contribution < 1.29 is 23.1 Å². The molecule has 1 unspecified atom stereocenters. The van der Waals surface area contributed by atoms with E-state index in [0.29, 0.717) is 5.56 Å². The molecule has 0 saturated heterocycles. The van der Waals surface area contributed by atoms with Crippen molar-refractivity contribution in [3.05, 3.63) is 29.3 Å². The summed E-state index contributed by atoms with van der Waals surface area (Å²) in [5.41, 5.74) is 5.74. The maximum Gasteiger partial charge on any atom is 0.321 e. The van der Waals surface area contributed by atoms with Gasteiger partial charge in [0.15, 0.2) is 0 Å². The largest absolute Gasteiger partial charge is 0.480 e. The van der Waals surface area contributed by atoms with Crippen molar-refractivity contribution in [3.63, 3.8) is 0 Å². The Labute approximate surface area is 110 Å². The summed E-state index contributed by atoms with van der Waals surface area (Å²) in [5, 5.41) is 8.68. The van der Waals surface area contributed by atoms with Gasteiger partial charge in [-0.3, -0.25) is 9.59 Å². The highest BCUT2D eigenvalue weighted by Crippen LogP contribution is 2.15. The van der Waals surface area contributed by atoms with Gasteiger partial charge in [-0.15, -0.1) is 0 Å². The Bertz CT molecular complexity index is 624. The van der Waals surface area contributed by atoms with E-state index in [-0.39, 0.29) is 10.5 Å². The van der Waals surface area contributed by atoms with E-state index in [2.05, 4.69) is 0 Å². The minimum atomic E-state index is -4.02. The Morgan fingerprint density at radius 3 is 2.42 bits per heavy atom. The number of carboxylic acids is 1. The van der Waals surface area contributed by atoms with Gasteiger partial charge in [0.1, 0.15) is 6.04 Å². The van der Waals surface area contributed by atoms with Gasteiger partial charge >= 0.3 is 5.97 Å². The van der Waals surface area contributed by atoms with Crippen LogP contribution in [0.5, 0.6) is 0 Å². The lowest BCUT2D eigenvalue weighted by Gasteiger charge is -2.11. The highest BCUT2D eigenvalue weighted by atomic mass is 32.2. The third kappa shape index (κ3) is 3.52. The van der Waals surface area contributed by atoms with Crippen molar-refractivity contribution in [1.29, 1.82) is 0 Å². The molecule has 0 aliphatic carbocycles. The molecule has 8 heteroatoms. The van der Waals surface area contributed by atoms with Crippen LogP contribution < -0.4 is 10.5 Å². The predicted molar refractivity (Wildman–Crippen MR) is 67.1 cm³/mol. The molecule has 0 radical (unpaired) electrons. The van der Waals surface area contributed by atoms with E-state index in [1.165, 1.54) is 19.1 Å². The molecular weight excluding hydrogens is 272 g/mol. The molecule has 7 nitrogen and oxygen atoms in total. The average molecular weight is 286 g/mol. The van der Waals surface area contributed by atoms with Crippen LogP contribution in [-0.4, -0.2) is 31.4 Å². The van der Waals surface area contributed by atoms with E-state index in [4.69, 9.17) is 10.8 Å². The van der Waals surface area contributed by atoms with Crippen LogP contribution in [0.2, 0.25) is 0 Å². The number of benzene rings is 1. The first-order valence-electron chi connectivity index (χ1n) is 5.30. The molecule has 0 fully saturated rings. The van der Waals surface area contributed by atoms with Gasteiger partial charge in [-0.05, 0) is 31.5 Å². The number of nitrogens with two attached hydrogens (primary N) is 1. The zero-order valence-electron chi connectivity index (χ0n) is 10.4. The molecular formula is C11H14N2O5S. The Kier molecular flexibility index (Phi) is 4.28. The minimum Gasteiger partial charge on any atom is -0.480 e. The molecule has 1 amide bonds. The van der Waals surface area contributed by atoms with Gasteiger partial charge in [-0.25, -0.2) is 8.42 Å². The first-order valence-corrected chi connectivity index (χ1v) is 6.79. The van der Waals surface area contributed by atoms with Gasteiger partial charge in [-0.2, -0.15) is 4.72 Å². The number of nitrogens with one attached hydrogen (secondary N) is 1. The molecule has 0 bridgehead atoms. The number of aliphatic carboxylic acids is 1. The van der Waals surface area contributed by atoms with Crippen molar-refractivity contribution in [2.75, 3.05) is 0 Å². The number of amides is 1. The van der Waals surface area contributed by atoms with E-state index in [0.717, 1.165) is 6.07 Å². The predicted octanol–water partition coefficient (Wildman–Crippen LogP) is -0.155. The molecule has 104 valence electrons. The summed E-state index contributed by atoms with van der Waals surface area (Å²) in [6.45, 7) is 2.81. The van der Waals surface area contributed by atoms with Crippen LogP contribution in [0.1, 0.15) is 22.8 Å². The van der Waals surface area contributed by atoms with Crippen LogP contribution in [0, 0.1) is 6.92 Å². The summed E-state index contributed by atoms with van der Waals surface area (Å²) >= 11 is 0. The molecule has 0 saturated carbocycles.